The molecule has 0 unspecified atom stereocenters. The number of carbonyl (C=O) groups is 2. The Kier molecular flexibility index (Phi) is 4.84. The zero-order valence-electron chi connectivity index (χ0n) is 16.1. The van der Waals surface area contributed by atoms with Crippen LogP contribution in [-0.2, 0) is 14.3 Å². The van der Waals surface area contributed by atoms with E-state index in [1.807, 2.05) is 26.0 Å². The summed E-state index contributed by atoms with van der Waals surface area (Å²) in [6.45, 7) is 5.89. The molecule has 6 heteroatoms. The first kappa shape index (κ1) is 18.3. The van der Waals surface area contributed by atoms with Crippen molar-refractivity contribution in [1.29, 1.82) is 0 Å². The molecule has 1 aromatic rings. The van der Waals surface area contributed by atoms with E-state index in [2.05, 4.69) is 11.4 Å². The van der Waals surface area contributed by atoms with Crippen molar-refractivity contribution < 1.29 is 19.1 Å². The SMILES string of the molecule is Cc1ccc2c(c1)[C@H](NC(=O)[C@@H](C)N1CCCC1=O)CC1(CCOCC1)O2. The summed E-state index contributed by atoms with van der Waals surface area (Å²) in [5.41, 5.74) is 1.88. The minimum Gasteiger partial charge on any atom is -0.487 e. The molecule has 3 aliphatic heterocycles. The molecule has 2 saturated heterocycles. The van der Waals surface area contributed by atoms with Crippen molar-refractivity contribution in [3.8, 4) is 5.75 Å². The summed E-state index contributed by atoms with van der Waals surface area (Å²) in [6, 6.07) is 5.59. The highest BCUT2D eigenvalue weighted by atomic mass is 16.5. The highest BCUT2D eigenvalue weighted by molar-refractivity contribution is 5.88. The Hall–Kier alpha value is -2.08. The lowest BCUT2D eigenvalue weighted by atomic mass is 9.81. The van der Waals surface area contributed by atoms with Gasteiger partial charge < -0.3 is 19.7 Å². The predicted octanol–water partition coefficient (Wildman–Crippen LogP) is 2.49. The van der Waals surface area contributed by atoms with Gasteiger partial charge in [-0.3, -0.25) is 9.59 Å². The number of nitrogens with zero attached hydrogens (tertiary/aromatic N) is 1. The molecule has 1 spiro atoms. The number of carbonyl (C=O) groups excluding carboxylic acids is 2. The van der Waals surface area contributed by atoms with E-state index in [-0.39, 0.29) is 23.5 Å². The molecule has 0 bridgehead atoms. The predicted molar refractivity (Wildman–Crippen MR) is 101 cm³/mol. The molecule has 1 aromatic carbocycles. The zero-order chi connectivity index (χ0) is 19.0. The Morgan fingerprint density at radius 2 is 2.11 bits per heavy atom. The second-order valence-electron chi connectivity index (χ2n) is 8.07. The Bertz CT molecular complexity index is 742. The van der Waals surface area contributed by atoms with Crippen molar-refractivity contribution in [2.24, 2.45) is 0 Å². The molecule has 146 valence electrons. The van der Waals surface area contributed by atoms with Crippen molar-refractivity contribution in [3.05, 3.63) is 29.3 Å². The normalized spacial score (nSPS) is 25.0. The third-order valence-corrected chi connectivity index (χ3v) is 6.12. The highest BCUT2D eigenvalue weighted by Crippen LogP contribution is 2.44. The lowest BCUT2D eigenvalue weighted by Crippen LogP contribution is -2.51. The Labute approximate surface area is 160 Å². The molecular formula is C21H28N2O4. The van der Waals surface area contributed by atoms with Gasteiger partial charge in [-0.2, -0.15) is 0 Å². The summed E-state index contributed by atoms with van der Waals surface area (Å²) in [7, 11) is 0. The quantitative estimate of drug-likeness (QED) is 0.885. The maximum absolute atomic E-state index is 12.9. The second-order valence-corrected chi connectivity index (χ2v) is 8.07. The topological polar surface area (TPSA) is 67.9 Å². The van der Waals surface area contributed by atoms with Crippen molar-refractivity contribution >= 4 is 11.8 Å². The van der Waals surface area contributed by atoms with Gasteiger partial charge in [0.25, 0.3) is 0 Å². The first-order chi connectivity index (χ1) is 13.0. The van der Waals surface area contributed by atoms with Gasteiger partial charge in [-0.25, -0.2) is 0 Å². The van der Waals surface area contributed by atoms with E-state index in [0.29, 0.717) is 26.2 Å². The maximum atomic E-state index is 12.9. The number of rotatable bonds is 3. The molecule has 0 aliphatic carbocycles. The average Bonchev–Trinajstić information content (AvgIpc) is 3.08. The number of nitrogens with one attached hydrogen (secondary N) is 1. The molecular weight excluding hydrogens is 344 g/mol. The minimum absolute atomic E-state index is 0.0711. The van der Waals surface area contributed by atoms with Crippen LogP contribution in [0, 0.1) is 6.92 Å². The van der Waals surface area contributed by atoms with Gasteiger partial charge in [-0.1, -0.05) is 17.7 Å². The fourth-order valence-corrected chi connectivity index (χ4v) is 4.48. The van der Waals surface area contributed by atoms with E-state index in [4.69, 9.17) is 9.47 Å². The van der Waals surface area contributed by atoms with Crippen LogP contribution in [0.2, 0.25) is 0 Å². The third kappa shape index (κ3) is 3.55. The summed E-state index contributed by atoms with van der Waals surface area (Å²) in [5, 5.41) is 3.22. The average molecular weight is 372 g/mol. The van der Waals surface area contributed by atoms with E-state index >= 15 is 0 Å². The van der Waals surface area contributed by atoms with Crippen LogP contribution in [-0.4, -0.2) is 48.1 Å². The molecule has 0 radical (unpaired) electrons. The number of amides is 2. The molecule has 2 atom stereocenters. The van der Waals surface area contributed by atoms with Crippen LogP contribution >= 0.6 is 0 Å². The second kappa shape index (κ2) is 7.15. The van der Waals surface area contributed by atoms with Gasteiger partial charge in [0.05, 0.1) is 19.3 Å². The van der Waals surface area contributed by atoms with Gasteiger partial charge in [-0.15, -0.1) is 0 Å². The van der Waals surface area contributed by atoms with Crippen LogP contribution < -0.4 is 10.1 Å². The van der Waals surface area contributed by atoms with E-state index in [1.54, 1.807) is 4.90 Å². The molecule has 2 fully saturated rings. The summed E-state index contributed by atoms with van der Waals surface area (Å²) in [6.07, 6.45) is 3.76. The minimum atomic E-state index is -0.443. The van der Waals surface area contributed by atoms with Crippen LogP contribution in [0.3, 0.4) is 0 Å². The maximum Gasteiger partial charge on any atom is 0.243 e. The number of ether oxygens (including phenoxy) is 2. The van der Waals surface area contributed by atoms with Gasteiger partial charge in [0.1, 0.15) is 17.4 Å². The number of aryl methyl sites for hydroxylation is 1. The summed E-state index contributed by atoms with van der Waals surface area (Å²) in [5.74, 6) is 0.831. The lowest BCUT2D eigenvalue weighted by molar-refractivity contribution is -0.137. The van der Waals surface area contributed by atoms with Crippen molar-refractivity contribution in [3.63, 3.8) is 0 Å². The highest BCUT2D eigenvalue weighted by Gasteiger charge is 2.43. The smallest absolute Gasteiger partial charge is 0.243 e. The number of likely N-dealkylation sites (tertiary alicyclic amines) is 1. The van der Waals surface area contributed by atoms with E-state index < -0.39 is 6.04 Å². The third-order valence-electron chi connectivity index (χ3n) is 6.12. The Morgan fingerprint density at radius 3 is 2.81 bits per heavy atom. The molecule has 4 rings (SSSR count). The van der Waals surface area contributed by atoms with Gasteiger partial charge in [0.15, 0.2) is 0 Å². The van der Waals surface area contributed by atoms with Crippen LogP contribution in [0.4, 0.5) is 0 Å². The van der Waals surface area contributed by atoms with Gasteiger partial charge in [0, 0.05) is 37.8 Å². The Balaban J connectivity index is 1.57. The van der Waals surface area contributed by atoms with Crippen molar-refractivity contribution in [2.75, 3.05) is 19.8 Å². The largest absolute Gasteiger partial charge is 0.487 e. The molecule has 27 heavy (non-hydrogen) atoms. The molecule has 6 nitrogen and oxygen atoms in total. The fourth-order valence-electron chi connectivity index (χ4n) is 4.48. The molecule has 0 aromatic heterocycles. The first-order valence-electron chi connectivity index (χ1n) is 9.95. The number of benzene rings is 1. The van der Waals surface area contributed by atoms with Gasteiger partial charge >= 0.3 is 0 Å². The molecule has 1 N–H and O–H groups in total. The van der Waals surface area contributed by atoms with E-state index in [1.165, 1.54) is 0 Å². The fraction of sp³-hybridized carbons (Fsp3) is 0.619. The van der Waals surface area contributed by atoms with E-state index in [0.717, 1.165) is 42.6 Å². The summed E-state index contributed by atoms with van der Waals surface area (Å²) < 4.78 is 11.9. The standard InChI is InChI=1S/C21H28N2O4/c1-14-5-6-18-16(12-14)17(13-21(27-18)7-10-26-11-8-21)22-20(25)15(2)23-9-3-4-19(23)24/h5-6,12,15,17H,3-4,7-11,13H2,1-2H3,(H,22,25)/t15-,17-/m1/s1. The summed E-state index contributed by atoms with van der Waals surface area (Å²) in [4.78, 5) is 26.6. The molecule has 2 amide bonds. The van der Waals surface area contributed by atoms with Crippen molar-refractivity contribution in [1.82, 2.24) is 10.2 Å². The molecule has 0 saturated carbocycles. The number of hydrogen-bond acceptors (Lipinski definition) is 4. The first-order valence-corrected chi connectivity index (χ1v) is 9.95. The molecule has 3 heterocycles. The van der Waals surface area contributed by atoms with Crippen LogP contribution in [0.1, 0.15) is 56.2 Å². The Morgan fingerprint density at radius 1 is 1.33 bits per heavy atom. The van der Waals surface area contributed by atoms with Crippen molar-refractivity contribution in [2.45, 2.75) is 63.6 Å². The number of hydrogen-bond donors (Lipinski definition) is 1. The van der Waals surface area contributed by atoms with Gasteiger partial charge in [-0.05, 0) is 26.3 Å². The lowest BCUT2D eigenvalue weighted by Gasteiger charge is -2.44. The van der Waals surface area contributed by atoms with Gasteiger partial charge in [0.2, 0.25) is 11.8 Å². The molecule has 3 aliphatic rings. The summed E-state index contributed by atoms with van der Waals surface area (Å²) >= 11 is 0. The van der Waals surface area contributed by atoms with Crippen LogP contribution in [0.5, 0.6) is 5.75 Å². The monoisotopic (exact) mass is 372 g/mol. The number of fused-ring (bicyclic) bond motifs is 1. The van der Waals surface area contributed by atoms with Crippen LogP contribution in [0.25, 0.3) is 0 Å². The van der Waals surface area contributed by atoms with Crippen LogP contribution in [0.15, 0.2) is 18.2 Å². The zero-order valence-corrected chi connectivity index (χ0v) is 16.1. The van der Waals surface area contributed by atoms with E-state index in [9.17, 15) is 9.59 Å².